The SMILES string of the molecule is Cc1cc(F)ccc1C(N)c1cc2cccc(C)c2o1. The first kappa shape index (κ1) is 12.9. The number of benzene rings is 2. The Morgan fingerprint density at radius 2 is 1.85 bits per heavy atom. The van der Waals surface area contributed by atoms with Crippen molar-refractivity contribution in [2.45, 2.75) is 19.9 Å². The molecule has 3 rings (SSSR count). The quantitative estimate of drug-likeness (QED) is 0.756. The van der Waals surface area contributed by atoms with Crippen LogP contribution in [-0.4, -0.2) is 0 Å². The number of hydrogen-bond acceptors (Lipinski definition) is 2. The summed E-state index contributed by atoms with van der Waals surface area (Å²) in [6.07, 6.45) is 0. The van der Waals surface area contributed by atoms with Gasteiger partial charge in [0.2, 0.25) is 0 Å². The van der Waals surface area contributed by atoms with Gasteiger partial charge >= 0.3 is 0 Å². The van der Waals surface area contributed by atoms with E-state index in [2.05, 4.69) is 0 Å². The van der Waals surface area contributed by atoms with Gasteiger partial charge in [0.05, 0.1) is 6.04 Å². The summed E-state index contributed by atoms with van der Waals surface area (Å²) in [5.41, 5.74) is 9.91. The minimum atomic E-state index is -0.387. The van der Waals surface area contributed by atoms with Crippen LogP contribution in [0.1, 0.15) is 28.5 Å². The lowest BCUT2D eigenvalue weighted by Crippen LogP contribution is -2.12. The summed E-state index contributed by atoms with van der Waals surface area (Å²) in [5, 5.41) is 1.04. The fourth-order valence-corrected chi connectivity index (χ4v) is 2.52. The molecule has 0 fully saturated rings. The Bertz CT molecular complexity index is 776. The van der Waals surface area contributed by atoms with Crippen molar-refractivity contribution in [3.63, 3.8) is 0 Å². The van der Waals surface area contributed by atoms with Crippen LogP contribution in [0.25, 0.3) is 11.0 Å². The molecule has 0 saturated carbocycles. The van der Waals surface area contributed by atoms with Crippen LogP contribution in [-0.2, 0) is 0 Å². The number of hydrogen-bond donors (Lipinski definition) is 1. The van der Waals surface area contributed by atoms with E-state index in [4.69, 9.17) is 10.2 Å². The van der Waals surface area contributed by atoms with Crippen LogP contribution in [0.2, 0.25) is 0 Å². The van der Waals surface area contributed by atoms with Crippen LogP contribution in [0.3, 0.4) is 0 Å². The number of halogens is 1. The normalized spacial score (nSPS) is 12.8. The lowest BCUT2D eigenvalue weighted by atomic mass is 10.00. The highest BCUT2D eigenvalue weighted by atomic mass is 19.1. The third-order valence-corrected chi connectivity index (χ3v) is 3.63. The third-order valence-electron chi connectivity index (χ3n) is 3.63. The van der Waals surface area contributed by atoms with Crippen molar-refractivity contribution in [1.82, 2.24) is 0 Å². The molecule has 2 nitrogen and oxygen atoms in total. The van der Waals surface area contributed by atoms with E-state index in [0.717, 1.165) is 27.7 Å². The van der Waals surface area contributed by atoms with Gasteiger partial charge in [0.25, 0.3) is 0 Å². The molecule has 2 N–H and O–H groups in total. The highest BCUT2D eigenvalue weighted by molar-refractivity contribution is 5.81. The zero-order chi connectivity index (χ0) is 14.3. The summed E-state index contributed by atoms with van der Waals surface area (Å²) < 4.78 is 19.1. The molecule has 0 bridgehead atoms. The van der Waals surface area contributed by atoms with E-state index in [0.29, 0.717) is 5.76 Å². The van der Waals surface area contributed by atoms with Gasteiger partial charge in [0.15, 0.2) is 0 Å². The van der Waals surface area contributed by atoms with Gasteiger partial charge in [-0.1, -0.05) is 24.3 Å². The molecule has 2 aromatic carbocycles. The first-order valence-corrected chi connectivity index (χ1v) is 6.57. The molecule has 3 heteroatoms. The predicted molar refractivity (Wildman–Crippen MR) is 78.1 cm³/mol. The Morgan fingerprint density at radius 3 is 2.55 bits per heavy atom. The van der Waals surface area contributed by atoms with Crippen molar-refractivity contribution in [2.24, 2.45) is 5.73 Å². The maximum Gasteiger partial charge on any atom is 0.137 e. The minimum Gasteiger partial charge on any atom is -0.459 e. The standard InChI is InChI=1S/C17H16FNO/c1-10-4-3-5-12-9-15(20-17(10)12)16(19)14-7-6-13(18)8-11(14)2/h3-9,16H,19H2,1-2H3. The molecule has 102 valence electrons. The second kappa shape index (κ2) is 4.76. The third kappa shape index (κ3) is 2.10. The summed E-state index contributed by atoms with van der Waals surface area (Å²) >= 11 is 0. The van der Waals surface area contributed by atoms with Crippen molar-refractivity contribution in [3.8, 4) is 0 Å². The lowest BCUT2D eigenvalue weighted by Gasteiger charge is -2.12. The van der Waals surface area contributed by atoms with Gasteiger partial charge in [0, 0.05) is 5.39 Å². The van der Waals surface area contributed by atoms with E-state index in [9.17, 15) is 4.39 Å². The summed E-state index contributed by atoms with van der Waals surface area (Å²) in [5.74, 6) is 0.447. The Kier molecular flexibility index (Phi) is 3.07. The summed E-state index contributed by atoms with van der Waals surface area (Å²) in [6, 6.07) is 12.2. The number of aryl methyl sites for hydroxylation is 2. The van der Waals surface area contributed by atoms with Crippen molar-refractivity contribution < 1.29 is 8.81 Å². The minimum absolute atomic E-state index is 0.251. The molecule has 1 heterocycles. The van der Waals surface area contributed by atoms with Gasteiger partial charge in [-0.3, -0.25) is 0 Å². The molecule has 0 aliphatic heterocycles. The number of nitrogens with two attached hydrogens (primary N) is 1. The molecular weight excluding hydrogens is 253 g/mol. The molecule has 0 amide bonds. The van der Waals surface area contributed by atoms with Crippen molar-refractivity contribution in [1.29, 1.82) is 0 Å². The fraction of sp³-hybridized carbons (Fsp3) is 0.176. The predicted octanol–water partition coefficient (Wildman–Crippen LogP) is 4.24. The highest BCUT2D eigenvalue weighted by Crippen LogP contribution is 2.29. The average Bonchev–Trinajstić information content (AvgIpc) is 2.83. The highest BCUT2D eigenvalue weighted by Gasteiger charge is 2.17. The molecule has 3 aromatic rings. The van der Waals surface area contributed by atoms with Crippen LogP contribution in [0.4, 0.5) is 4.39 Å². The van der Waals surface area contributed by atoms with Crippen molar-refractivity contribution in [2.75, 3.05) is 0 Å². The number of rotatable bonds is 2. The zero-order valence-corrected chi connectivity index (χ0v) is 11.5. The van der Waals surface area contributed by atoms with Crippen LogP contribution >= 0.6 is 0 Å². The average molecular weight is 269 g/mol. The van der Waals surface area contributed by atoms with E-state index in [1.807, 2.05) is 38.1 Å². The molecule has 1 atom stereocenters. The smallest absolute Gasteiger partial charge is 0.137 e. The summed E-state index contributed by atoms with van der Waals surface area (Å²) in [4.78, 5) is 0. The molecule has 0 radical (unpaired) electrons. The number of furan rings is 1. The van der Waals surface area contributed by atoms with Gasteiger partial charge in [-0.05, 0) is 48.7 Å². The van der Waals surface area contributed by atoms with E-state index in [1.54, 1.807) is 6.07 Å². The molecule has 1 unspecified atom stereocenters. The maximum atomic E-state index is 13.2. The van der Waals surface area contributed by atoms with Gasteiger partial charge in [-0.15, -0.1) is 0 Å². The van der Waals surface area contributed by atoms with E-state index in [1.165, 1.54) is 12.1 Å². The Morgan fingerprint density at radius 1 is 1.05 bits per heavy atom. The molecule has 20 heavy (non-hydrogen) atoms. The first-order valence-electron chi connectivity index (χ1n) is 6.57. The second-order valence-corrected chi connectivity index (χ2v) is 5.12. The van der Waals surface area contributed by atoms with Crippen molar-refractivity contribution >= 4 is 11.0 Å². The van der Waals surface area contributed by atoms with Crippen LogP contribution < -0.4 is 5.73 Å². The Labute approximate surface area is 117 Å². The lowest BCUT2D eigenvalue weighted by molar-refractivity contribution is 0.522. The van der Waals surface area contributed by atoms with Crippen molar-refractivity contribution in [3.05, 3.63) is 70.7 Å². The topological polar surface area (TPSA) is 39.2 Å². The first-order chi connectivity index (χ1) is 9.56. The maximum absolute atomic E-state index is 13.2. The number of para-hydroxylation sites is 1. The molecule has 0 aliphatic rings. The molecule has 1 aromatic heterocycles. The Hall–Kier alpha value is -2.13. The van der Waals surface area contributed by atoms with E-state index >= 15 is 0 Å². The number of fused-ring (bicyclic) bond motifs is 1. The van der Waals surface area contributed by atoms with E-state index in [-0.39, 0.29) is 11.9 Å². The summed E-state index contributed by atoms with van der Waals surface area (Å²) in [7, 11) is 0. The second-order valence-electron chi connectivity index (χ2n) is 5.12. The van der Waals surface area contributed by atoms with E-state index < -0.39 is 0 Å². The largest absolute Gasteiger partial charge is 0.459 e. The monoisotopic (exact) mass is 269 g/mol. The van der Waals surface area contributed by atoms with Crippen LogP contribution in [0.5, 0.6) is 0 Å². The van der Waals surface area contributed by atoms with Gasteiger partial charge in [-0.2, -0.15) is 0 Å². The summed E-state index contributed by atoms with van der Waals surface area (Å²) in [6.45, 7) is 3.86. The fourth-order valence-electron chi connectivity index (χ4n) is 2.52. The van der Waals surface area contributed by atoms with Crippen LogP contribution in [0, 0.1) is 19.7 Å². The van der Waals surface area contributed by atoms with Crippen LogP contribution in [0.15, 0.2) is 46.9 Å². The molecular formula is C17H16FNO. The van der Waals surface area contributed by atoms with Gasteiger partial charge in [0.1, 0.15) is 17.2 Å². The van der Waals surface area contributed by atoms with Gasteiger partial charge < -0.3 is 10.2 Å². The molecule has 0 spiro atoms. The zero-order valence-electron chi connectivity index (χ0n) is 11.5. The molecule has 0 saturated heterocycles. The van der Waals surface area contributed by atoms with Gasteiger partial charge in [-0.25, -0.2) is 4.39 Å². The Balaban J connectivity index is 2.08. The molecule has 0 aliphatic carbocycles.